The quantitative estimate of drug-likeness (QED) is 0.845. The van der Waals surface area contributed by atoms with Crippen molar-refractivity contribution in [1.82, 2.24) is 9.97 Å². The van der Waals surface area contributed by atoms with Crippen LogP contribution in [0.15, 0.2) is 37.7 Å². The number of aromatic nitrogens is 2. The van der Waals surface area contributed by atoms with E-state index in [0.717, 1.165) is 20.8 Å². The fraction of sp³-hybridized carbons (Fsp3) is 0.200. The minimum Gasteiger partial charge on any atom is -0.439 e. The van der Waals surface area contributed by atoms with Gasteiger partial charge in [0.2, 0.25) is 0 Å². The minimum atomic E-state index is 0.615. The van der Waals surface area contributed by atoms with Gasteiger partial charge in [-0.25, -0.2) is 9.97 Å². The molecule has 0 spiro atoms. The first kappa shape index (κ1) is 10.7. The summed E-state index contributed by atoms with van der Waals surface area (Å²) >= 11 is 4.87. The Morgan fingerprint density at radius 3 is 2.80 bits per heavy atom. The van der Waals surface area contributed by atoms with Crippen LogP contribution in [-0.4, -0.2) is 9.97 Å². The molecule has 2 aromatic heterocycles. The Hall–Kier alpha value is -0.810. The standard InChI is InChI=1S/C10H9BrN2OS/c1-6-3-8(11)9(12-4-6)15-10-13-7(2)5-14-10/h3-5H,1-2H3. The lowest BCUT2D eigenvalue weighted by Crippen LogP contribution is -1.84. The van der Waals surface area contributed by atoms with Crippen molar-refractivity contribution in [1.29, 1.82) is 0 Å². The highest BCUT2D eigenvalue weighted by Gasteiger charge is 2.08. The first-order chi connectivity index (χ1) is 7.15. The zero-order chi connectivity index (χ0) is 10.8. The lowest BCUT2D eigenvalue weighted by Gasteiger charge is -2.00. The summed E-state index contributed by atoms with van der Waals surface area (Å²) in [6.07, 6.45) is 3.45. The van der Waals surface area contributed by atoms with Crippen molar-refractivity contribution >= 4 is 27.7 Å². The fourth-order valence-corrected chi connectivity index (χ4v) is 2.48. The molecule has 15 heavy (non-hydrogen) atoms. The van der Waals surface area contributed by atoms with Crippen LogP contribution in [0.4, 0.5) is 0 Å². The van der Waals surface area contributed by atoms with Gasteiger partial charge in [0.15, 0.2) is 0 Å². The van der Waals surface area contributed by atoms with Gasteiger partial charge in [0.25, 0.3) is 5.22 Å². The summed E-state index contributed by atoms with van der Waals surface area (Å²) in [5.41, 5.74) is 2.00. The Kier molecular flexibility index (Phi) is 3.11. The number of rotatable bonds is 2. The number of nitrogens with zero attached hydrogens (tertiary/aromatic N) is 2. The van der Waals surface area contributed by atoms with Crippen LogP contribution in [0, 0.1) is 13.8 Å². The first-order valence-corrected chi connectivity index (χ1v) is 5.98. The second-order valence-corrected chi connectivity index (χ2v) is 4.95. The van der Waals surface area contributed by atoms with E-state index in [9.17, 15) is 0 Å². The van der Waals surface area contributed by atoms with E-state index in [1.165, 1.54) is 11.8 Å². The molecule has 5 heteroatoms. The molecule has 0 amide bonds. The summed E-state index contributed by atoms with van der Waals surface area (Å²) in [6.45, 7) is 3.90. The predicted octanol–water partition coefficient (Wildman–Crippen LogP) is 3.60. The van der Waals surface area contributed by atoms with Gasteiger partial charge in [0, 0.05) is 6.20 Å². The Bertz CT molecular complexity index is 484. The summed E-state index contributed by atoms with van der Waals surface area (Å²) in [5.74, 6) is 0. The maximum Gasteiger partial charge on any atom is 0.262 e. The first-order valence-electron chi connectivity index (χ1n) is 4.37. The summed E-state index contributed by atoms with van der Waals surface area (Å²) < 4.78 is 6.21. The van der Waals surface area contributed by atoms with Crippen LogP contribution in [0.2, 0.25) is 0 Å². The van der Waals surface area contributed by atoms with Crippen LogP contribution in [0.5, 0.6) is 0 Å². The van der Waals surface area contributed by atoms with Gasteiger partial charge in [-0.1, -0.05) is 0 Å². The van der Waals surface area contributed by atoms with Crippen LogP contribution in [0.25, 0.3) is 0 Å². The molecule has 2 aromatic rings. The van der Waals surface area contributed by atoms with Gasteiger partial charge in [-0.3, -0.25) is 0 Å². The third kappa shape index (κ3) is 2.60. The molecule has 0 unspecified atom stereocenters. The molecule has 0 fully saturated rings. The lowest BCUT2D eigenvalue weighted by molar-refractivity contribution is 0.453. The van der Waals surface area contributed by atoms with E-state index in [2.05, 4.69) is 25.9 Å². The molecule has 78 valence electrons. The van der Waals surface area contributed by atoms with Crippen LogP contribution < -0.4 is 0 Å². The Morgan fingerprint density at radius 1 is 1.40 bits per heavy atom. The molecule has 0 aliphatic carbocycles. The molecule has 2 rings (SSSR count). The molecule has 0 atom stereocenters. The van der Waals surface area contributed by atoms with E-state index >= 15 is 0 Å². The Balaban J connectivity index is 2.24. The van der Waals surface area contributed by atoms with Gasteiger partial charge >= 0.3 is 0 Å². The third-order valence-electron chi connectivity index (χ3n) is 1.73. The molecular formula is C10H9BrN2OS. The predicted molar refractivity (Wildman–Crippen MR) is 62.0 cm³/mol. The number of pyridine rings is 1. The molecule has 3 nitrogen and oxygen atoms in total. The second kappa shape index (κ2) is 4.37. The number of hydrogen-bond donors (Lipinski definition) is 0. The van der Waals surface area contributed by atoms with Gasteiger partial charge < -0.3 is 4.42 Å². The molecule has 0 radical (unpaired) electrons. The second-order valence-electron chi connectivity index (χ2n) is 3.16. The van der Waals surface area contributed by atoms with Crippen LogP contribution in [-0.2, 0) is 0 Å². The number of aryl methyl sites for hydroxylation is 2. The average Bonchev–Trinajstić information content (AvgIpc) is 2.56. The average molecular weight is 285 g/mol. The summed E-state index contributed by atoms with van der Waals surface area (Å²) in [6, 6.07) is 2.02. The molecule has 2 heterocycles. The van der Waals surface area contributed by atoms with E-state index in [0.29, 0.717) is 5.22 Å². The van der Waals surface area contributed by atoms with E-state index in [1.54, 1.807) is 6.26 Å². The van der Waals surface area contributed by atoms with Gasteiger partial charge in [0.1, 0.15) is 11.3 Å². The molecule has 0 aliphatic rings. The van der Waals surface area contributed by atoms with Gasteiger partial charge in [-0.05, 0) is 53.2 Å². The highest BCUT2D eigenvalue weighted by Crippen LogP contribution is 2.31. The maximum absolute atomic E-state index is 5.24. The molecular weight excluding hydrogens is 276 g/mol. The number of hydrogen-bond acceptors (Lipinski definition) is 4. The normalized spacial score (nSPS) is 10.6. The SMILES string of the molecule is Cc1cnc(Sc2nc(C)co2)c(Br)c1. The van der Waals surface area contributed by atoms with Crippen LogP contribution >= 0.6 is 27.7 Å². The lowest BCUT2D eigenvalue weighted by atomic mass is 10.3. The fourth-order valence-electron chi connectivity index (χ4n) is 1.06. The van der Waals surface area contributed by atoms with Crippen molar-refractivity contribution in [3.8, 4) is 0 Å². The van der Waals surface area contributed by atoms with Crippen molar-refractivity contribution in [3.05, 3.63) is 34.3 Å². The summed E-state index contributed by atoms with van der Waals surface area (Å²) in [7, 11) is 0. The van der Waals surface area contributed by atoms with E-state index in [4.69, 9.17) is 4.42 Å². The molecule has 0 aliphatic heterocycles. The van der Waals surface area contributed by atoms with Crippen molar-refractivity contribution in [2.45, 2.75) is 24.1 Å². The zero-order valence-corrected chi connectivity index (χ0v) is 10.7. The Labute approximate surface area is 100 Å². The Morgan fingerprint density at radius 2 is 2.20 bits per heavy atom. The third-order valence-corrected chi connectivity index (χ3v) is 3.47. The number of oxazole rings is 1. The number of halogens is 1. The smallest absolute Gasteiger partial charge is 0.262 e. The van der Waals surface area contributed by atoms with Gasteiger partial charge in [-0.2, -0.15) is 0 Å². The minimum absolute atomic E-state index is 0.615. The molecule has 0 N–H and O–H groups in total. The monoisotopic (exact) mass is 284 g/mol. The summed E-state index contributed by atoms with van der Waals surface area (Å²) in [4.78, 5) is 8.50. The van der Waals surface area contributed by atoms with Gasteiger partial charge in [-0.15, -0.1) is 0 Å². The topological polar surface area (TPSA) is 38.9 Å². The molecule has 0 saturated carbocycles. The van der Waals surface area contributed by atoms with Crippen LogP contribution in [0.3, 0.4) is 0 Å². The largest absolute Gasteiger partial charge is 0.439 e. The highest BCUT2D eigenvalue weighted by atomic mass is 79.9. The molecule has 0 saturated heterocycles. The van der Waals surface area contributed by atoms with E-state index in [1.807, 2.05) is 26.1 Å². The van der Waals surface area contributed by atoms with Crippen molar-refractivity contribution < 1.29 is 4.42 Å². The summed E-state index contributed by atoms with van der Waals surface area (Å²) in [5, 5.41) is 1.48. The van der Waals surface area contributed by atoms with Gasteiger partial charge in [0.05, 0.1) is 10.2 Å². The highest BCUT2D eigenvalue weighted by molar-refractivity contribution is 9.10. The molecule has 0 bridgehead atoms. The maximum atomic E-state index is 5.24. The zero-order valence-electron chi connectivity index (χ0n) is 8.32. The van der Waals surface area contributed by atoms with E-state index in [-0.39, 0.29) is 0 Å². The van der Waals surface area contributed by atoms with Crippen molar-refractivity contribution in [3.63, 3.8) is 0 Å². The molecule has 0 aromatic carbocycles. The van der Waals surface area contributed by atoms with Crippen molar-refractivity contribution in [2.75, 3.05) is 0 Å². The van der Waals surface area contributed by atoms with Crippen molar-refractivity contribution in [2.24, 2.45) is 0 Å². The van der Waals surface area contributed by atoms with Crippen LogP contribution in [0.1, 0.15) is 11.3 Å². The van der Waals surface area contributed by atoms with E-state index < -0.39 is 0 Å².